The number of para-hydroxylation sites is 1. The van der Waals surface area contributed by atoms with Gasteiger partial charge in [0.2, 0.25) is 0 Å². The first-order chi connectivity index (χ1) is 14.4. The van der Waals surface area contributed by atoms with Gasteiger partial charge in [-0.05, 0) is 36.6 Å². The molecule has 7 nitrogen and oxygen atoms in total. The van der Waals surface area contributed by atoms with Gasteiger partial charge in [-0.25, -0.2) is 0 Å². The predicted octanol–water partition coefficient (Wildman–Crippen LogP) is 4.58. The number of hydrogen-bond donors (Lipinski definition) is 0. The van der Waals surface area contributed by atoms with E-state index in [0.29, 0.717) is 35.3 Å². The Morgan fingerprint density at radius 1 is 1.00 bits per heavy atom. The number of carbonyl (C=O) groups is 2. The lowest BCUT2D eigenvalue weighted by atomic mass is 9.89. The van der Waals surface area contributed by atoms with Crippen molar-refractivity contribution in [2.45, 2.75) is 26.7 Å². The number of benzene rings is 2. The number of carbonyl (C=O) groups excluding carboxylic acids is 2. The zero-order chi connectivity index (χ0) is 21.8. The number of fused-ring (bicyclic) bond motifs is 1. The Labute approximate surface area is 175 Å². The second-order valence-corrected chi connectivity index (χ2v) is 7.23. The zero-order valence-corrected chi connectivity index (χ0v) is 17.4. The highest BCUT2D eigenvalue weighted by Gasteiger charge is 2.29. The third-order valence-electron chi connectivity index (χ3n) is 5.15. The van der Waals surface area contributed by atoms with Crippen molar-refractivity contribution in [3.63, 3.8) is 0 Å². The number of ketones is 1. The number of aryl methyl sites for hydroxylation is 1. The van der Waals surface area contributed by atoms with Gasteiger partial charge in [-0.15, -0.1) is 0 Å². The summed E-state index contributed by atoms with van der Waals surface area (Å²) in [4.78, 5) is 38.7. The summed E-state index contributed by atoms with van der Waals surface area (Å²) in [5.41, 5.74) is 2.35. The van der Waals surface area contributed by atoms with Gasteiger partial charge in [0.15, 0.2) is 0 Å². The summed E-state index contributed by atoms with van der Waals surface area (Å²) in [6, 6.07) is 13.5. The highest BCUT2D eigenvalue weighted by atomic mass is 16.6. The number of aromatic nitrogens is 1. The van der Waals surface area contributed by atoms with Gasteiger partial charge in [0.1, 0.15) is 0 Å². The molecule has 0 spiro atoms. The summed E-state index contributed by atoms with van der Waals surface area (Å²) in [6.07, 6.45) is 1.54. The monoisotopic (exact) mass is 406 g/mol. The fourth-order valence-electron chi connectivity index (χ4n) is 3.81. The van der Waals surface area contributed by atoms with E-state index in [9.17, 15) is 19.7 Å². The molecule has 30 heavy (non-hydrogen) atoms. The van der Waals surface area contributed by atoms with Gasteiger partial charge < -0.3 is 9.47 Å². The number of Topliss-reactive ketones (excluding diaryl/α,β-unsaturated/α-hetero) is 1. The normalized spacial score (nSPS) is 10.9. The first-order valence-electron chi connectivity index (χ1n) is 10.1. The third kappa shape index (κ3) is 3.83. The molecule has 0 aliphatic carbocycles. The lowest BCUT2D eigenvalue weighted by Crippen LogP contribution is -2.37. The van der Waals surface area contributed by atoms with Crippen LogP contribution in [-0.4, -0.2) is 39.2 Å². The Hall–Kier alpha value is -3.48. The number of hydrogen-bond acceptors (Lipinski definition) is 4. The molecule has 1 aromatic heterocycles. The van der Waals surface area contributed by atoms with Crippen LogP contribution in [0.1, 0.15) is 37.0 Å². The van der Waals surface area contributed by atoms with Gasteiger partial charge >= 0.3 is 0 Å². The van der Waals surface area contributed by atoms with Crippen LogP contribution < -0.4 is 0 Å². The van der Waals surface area contributed by atoms with Crippen LogP contribution in [0.5, 0.6) is 0 Å². The van der Waals surface area contributed by atoms with Gasteiger partial charge in [0, 0.05) is 43.2 Å². The van der Waals surface area contributed by atoms with Gasteiger partial charge in [-0.1, -0.05) is 32.0 Å². The minimum absolute atomic E-state index is 0.0291. The molecule has 156 valence electrons. The van der Waals surface area contributed by atoms with Gasteiger partial charge in [0.25, 0.3) is 17.4 Å². The average molecular weight is 406 g/mol. The molecule has 0 radical (unpaired) electrons. The second kappa shape index (κ2) is 8.90. The SMILES string of the molecule is CCCN(CCC)C(=O)C(=O)c1c(-c2cc[11c]([N+](=O)[O-])cc2)n(C)c2ccccc12. The van der Waals surface area contributed by atoms with Crippen LogP contribution in [0.3, 0.4) is 0 Å². The molecule has 0 saturated carbocycles. The highest BCUT2D eigenvalue weighted by Crippen LogP contribution is 2.34. The molecule has 1 heterocycles. The fraction of sp³-hybridized carbons (Fsp3) is 0.304. The van der Waals surface area contributed by atoms with E-state index >= 15 is 0 Å². The summed E-state index contributed by atoms with van der Waals surface area (Å²) in [5, 5.41) is 11.7. The van der Waals surface area contributed by atoms with E-state index in [2.05, 4.69) is 0 Å². The van der Waals surface area contributed by atoms with E-state index < -0.39 is 16.6 Å². The van der Waals surface area contributed by atoms with Crippen LogP contribution in [0, 0.1) is 10.1 Å². The Balaban J connectivity index is 2.18. The second-order valence-electron chi connectivity index (χ2n) is 7.23. The molecule has 0 unspecified atom stereocenters. The summed E-state index contributed by atoms with van der Waals surface area (Å²) in [5.74, 6) is -1.07. The lowest BCUT2D eigenvalue weighted by molar-refractivity contribution is -0.384. The topological polar surface area (TPSA) is 85.4 Å². The Morgan fingerprint density at radius 3 is 2.17 bits per heavy atom. The number of nitro groups is 1. The highest BCUT2D eigenvalue weighted by molar-refractivity contribution is 6.46. The molecule has 0 bridgehead atoms. The van der Waals surface area contributed by atoms with E-state index in [4.69, 9.17) is 0 Å². The largest absolute Gasteiger partial charge is 0.343 e. The molecule has 7 heteroatoms. The van der Waals surface area contributed by atoms with Gasteiger partial charge in [0.05, 0.1) is 16.2 Å². The summed E-state index contributed by atoms with van der Waals surface area (Å²) >= 11 is 0. The zero-order valence-electron chi connectivity index (χ0n) is 17.4. The van der Waals surface area contributed by atoms with Gasteiger partial charge in [-0.3, -0.25) is 19.7 Å². The van der Waals surface area contributed by atoms with E-state index in [1.54, 1.807) is 17.0 Å². The molecular weight excluding hydrogens is 381 g/mol. The Morgan fingerprint density at radius 2 is 1.60 bits per heavy atom. The molecule has 0 aliphatic rings. The van der Waals surface area contributed by atoms with E-state index in [-0.39, 0.29) is 5.69 Å². The lowest BCUT2D eigenvalue weighted by Gasteiger charge is -2.20. The molecule has 0 saturated heterocycles. The molecule has 2 aromatic carbocycles. The predicted molar refractivity (Wildman–Crippen MR) is 117 cm³/mol. The standard InChI is InChI=1S/C23H25N3O4/c1-4-14-25(15-5-2)23(28)22(27)20-18-8-6-7-9-19(18)24(3)21(20)16-10-12-17(13-11-16)26(29)30/h6-13H,4-5,14-15H2,1-3H3/i17-1. The summed E-state index contributed by atoms with van der Waals surface area (Å²) in [7, 11) is 1.83. The molecule has 0 N–H and O–H groups in total. The van der Waals surface area contributed by atoms with Crippen LogP contribution in [0.25, 0.3) is 22.2 Å². The maximum absolute atomic E-state index is 13.4. The van der Waals surface area contributed by atoms with Gasteiger partial charge in [-0.2, -0.15) is 0 Å². The minimum Gasteiger partial charge on any atom is -0.343 e. The number of nitro benzene ring substituents is 1. The van der Waals surface area contributed by atoms with Crippen molar-refractivity contribution in [2.24, 2.45) is 7.05 Å². The molecule has 3 aromatic rings. The molecule has 0 atom stereocenters. The fourth-order valence-corrected chi connectivity index (χ4v) is 3.81. The van der Waals surface area contributed by atoms with Crippen LogP contribution in [-0.2, 0) is 11.8 Å². The Bertz CT molecular complexity index is 1090. The van der Waals surface area contributed by atoms with Crippen molar-refractivity contribution >= 4 is 28.3 Å². The van der Waals surface area contributed by atoms with E-state index in [0.717, 1.165) is 18.4 Å². The average Bonchev–Trinajstić information content (AvgIpc) is 3.05. The van der Waals surface area contributed by atoms with Crippen LogP contribution >= 0.6 is 0 Å². The number of amides is 1. The molecule has 3 rings (SSSR count). The van der Waals surface area contributed by atoms with Crippen molar-refractivity contribution in [1.82, 2.24) is 9.47 Å². The maximum Gasteiger partial charge on any atom is 0.295 e. The number of nitrogens with zero attached hydrogens (tertiary/aromatic N) is 3. The quantitative estimate of drug-likeness (QED) is 0.237. The summed E-state index contributed by atoms with van der Waals surface area (Å²) < 4.78 is 1.86. The Kier molecular flexibility index (Phi) is 6.30. The smallest absolute Gasteiger partial charge is 0.295 e. The van der Waals surface area contributed by atoms with Crippen LogP contribution in [0.2, 0.25) is 0 Å². The molecule has 0 aliphatic heterocycles. The summed E-state index contributed by atoms with van der Waals surface area (Å²) in [6.45, 7) is 4.99. The van der Waals surface area contributed by atoms with E-state index in [1.165, 1.54) is 12.1 Å². The first kappa shape index (κ1) is 21.2. The maximum atomic E-state index is 13.4. The van der Waals surface area contributed by atoms with Crippen molar-refractivity contribution in [2.75, 3.05) is 13.1 Å². The third-order valence-corrected chi connectivity index (χ3v) is 5.15. The van der Waals surface area contributed by atoms with Crippen molar-refractivity contribution in [3.8, 4) is 11.3 Å². The van der Waals surface area contributed by atoms with Crippen molar-refractivity contribution < 1.29 is 14.5 Å². The number of non-ortho nitro benzene ring substituents is 1. The minimum atomic E-state index is -0.554. The number of rotatable bonds is 8. The molecule has 0 fully saturated rings. The first-order valence-corrected chi connectivity index (χ1v) is 10.1. The van der Waals surface area contributed by atoms with Crippen LogP contribution in [0.15, 0.2) is 48.5 Å². The van der Waals surface area contributed by atoms with Crippen LogP contribution in [0.4, 0.5) is 5.69 Å². The molecule has 1 amide bonds. The molecular formula is C23H25N3O4. The van der Waals surface area contributed by atoms with Crippen molar-refractivity contribution in [3.05, 3.63) is 64.2 Å². The van der Waals surface area contributed by atoms with Crippen molar-refractivity contribution in [1.29, 1.82) is 0 Å². The van der Waals surface area contributed by atoms with E-state index in [1.807, 2.05) is 49.7 Å².